The number of nitrogens with zero attached hydrogens (tertiary/aromatic N) is 1. The Labute approximate surface area is 133 Å². The smallest absolute Gasteiger partial charge is 0.317 e. The van der Waals surface area contributed by atoms with Crippen LogP contribution in [0.2, 0.25) is 4.34 Å². The number of likely N-dealkylation sites (N-methyl/N-ethyl adjacent to an activating group) is 1. The fraction of sp³-hybridized carbons (Fsp3) is 0.643. The largest absolute Gasteiger partial charge is 0.388 e. The van der Waals surface area contributed by atoms with E-state index in [0.29, 0.717) is 36.9 Å². The minimum atomic E-state index is -0.847. The Hall–Kier alpha value is -0.820. The molecule has 2 amide bonds. The molecule has 1 fully saturated rings. The number of amides is 2. The molecule has 0 aromatic carbocycles. The molecule has 1 atom stereocenters. The lowest BCUT2D eigenvalue weighted by molar-refractivity contribution is -0.0723. The van der Waals surface area contributed by atoms with Gasteiger partial charge in [0.25, 0.3) is 0 Å². The molecule has 1 aromatic heterocycles. The first-order valence-electron chi connectivity index (χ1n) is 6.97. The number of halogens is 1. The Morgan fingerprint density at radius 1 is 1.57 bits per heavy atom. The average molecular weight is 333 g/mol. The van der Waals surface area contributed by atoms with E-state index in [9.17, 15) is 9.90 Å². The highest BCUT2D eigenvalue weighted by Gasteiger charge is 2.32. The van der Waals surface area contributed by atoms with Gasteiger partial charge < -0.3 is 20.1 Å². The van der Waals surface area contributed by atoms with Gasteiger partial charge in [0, 0.05) is 38.0 Å². The fourth-order valence-corrected chi connectivity index (χ4v) is 3.41. The van der Waals surface area contributed by atoms with Crippen molar-refractivity contribution in [2.24, 2.45) is 0 Å². The quantitative estimate of drug-likeness (QED) is 0.891. The van der Waals surface area contributed by atoms with Gasteiger partial charge in [0.1, 0.15) is 0 Å². The van der Waals surface area contributed by atoms with Gasteiger partial charge in [-0.05, 0) is 19.1 Å². The van der Waals surface area contributed by atoms with Gasteiger partial charge in [-0.1, -0.05) is 11.6 Å². The number of hydrogen-bond acceptors (Lipinski definition) is 4. The van der Waals surface area contributed by atoms with E-state index in [1.54, 1.807) is 7.05 Å². The van der Waals surface area contributed by atoms with Crippen LogP contribution in [0.15, 0.2) is 12.1 Å². The van der Waals surface area contributed by atoms with E-state index in [1.165, 1.54) is 16.2 Å². The molecule has 0 bridgehead atoms. The number of nitrogens with one attached hydrogen (secondary N) is 1. The van der Waals surface area contributed by atoms with Crippen molar-refractivity contribution in [1.82, 2.24) is 10.2 Å². The highest BCUT2D eigenvalue weighted by molar-refractivity contribution is 7.16. The Bertz CT molecular complexity index is 488. The van der Waals surface area contributed by atoms with E-state index in [2.05, 4.69) is 5.32 Å². The van der Waals surface area contributed by atoms with Gasteiger partial charge in [0.05, 0.1) is 22.5 Å². The van der Waals surface area contributed by atoms with Crippen LogP contribution >= 0.6 is 22.9 Å². The maximum atomic E-state index is 12.2. The Balaban J connectivity index is 1.87. The van der Waals surface area contributed by atoms with Crippen molar-refractivity contribution in [3.8, 4) is 0 Å². The number of hydrogen-bond donors (Lipinski definition) is 2. The minimum Gasteiger partial charge on any atom is -0.388 e. The molecule has 7 heteroatoms. The number of thiophene rings is 1. The summed E-state index contributed by atoms with van der Waals surface area (Å²) in [6, 6.07) is 3.41. The van der Waals surface area contributed by atoms with Crippen LogP contribution in [-0.4, -0.2) is 48.4 Å². The van der Waals surface area contributed by atoms with Crippen molar-refractivity contribution < 1.29 is 14.6 Å². The summed E-state index contributed by atoms with van der Waals surface area (Å²) in [5.74, 6) is 0. The van der Waals surface area contributed by atoms with Crippen LogP contribution in [0, 0.1) is 0 Å². The molecule has 2 rings (SSSR count). The summed E-state index contributed by atoms with van der Waals surface area (Å²) >= 11 is 7.35. The summed E-state index contributed by atoms with van der Waals surface area (Å²) < 4.78 is 5.95. The summed E-state index contributed by atoms with van der Waals surface area (Å²) in [7, 11) is 1.69. The van der Waals surface area contributed by atoms with Gasteiger partial charge in [0.2, 0.25) is 0 Å². The number of aliphatic hydroxyl groups is 1. The Morgan fingerprint density at radius 2 is 2.24 bits per heavy atom. The van der Waals surface area contributed by atoms with Crippen molar-refractivity contribution in [3.63, 3.8) is 0 Å². The predicted molar refractivity (Wildman–Crippen MR) is 83.9 cm³/mol. The zero-order valence-electron chi connectivity index (χ0n) is 12.3. The lowest BCUT2D eigenvalue weighted by Gasteiger charge is -2.35. The van der Waals surface area contributed by atoms with E-state index in [1.807, 2.05) is 19.1 Å². The summed E-state index contributed by atoms with van der Waals surface area (Å²) in [6.07, 6.45) is 1.11. The monoisotopic (exact) mass is 332 g/mol. The normalized spacial score (nSPS) is 19.0. The molecule has 0 radical (unpaired) electrons. The maximum absolute atomic E-state index is 12.2. The molecule has 0 aliphatic carbocycles. The van der Waals surface area contributed by atoms with E-state index >= 15 is 0 Å². The summed E-state index contributed by atoms with van der Waals surface area (Å²) in [5, 5.41) is 13.3. The van der Waals surface area contributed by atoms with Crippen LogP contribution in [0.1, 0.15) is 30.7 Å². The molecule has 2 heterocycles. The first-order valence-corrected chi connectivity index (χ1v) is 8.16. The number of ether oxygens (including phenoxy) is 1. The highest BCUT2D eigenvalue weighted by atomic mass is 35.5. The van der Waals surface area contributed by atoms with Gasteiger partial charge in [-0.15, -0.1) is 11.3 Å². The van der Waals surface area contributed by atoms with Crippen LogP contribution in [0.3, 0.4) is 0 Å². The maximum Gasteiger partial charge on any atom is 0.317 e. The fourth-order valence-electron chi connectivity index (χ4n) is 2.35. The van der Waals surface area contributed by atoms with Crippen LogP contribution in [0.25, 0.3) is 0 Å². The molecule has 5 nitrogen and oxygen atoms in total. The highest BCUT2D eigenvalue weighted by Crippen LogP contribution is 2.27. The van der Waals surface area contributed by atoms with Crippen molar-refractivity contribution in [1.29, 1.82) is 0 Å². The third kappa shape index (κ3) is 4.57. The number of urea groups is 1. The molecule has 1 aliphatic rings. The first-order chi connectivity index (χ1) is 9.89. The summed E-state index contributed by atoms with van der Waals surface area (Å²) in [4.78, 5) is 14.7. The van der Waals surface area contributed by atoms with Crippen LogP contribution in [0.5, 0.6) is 0 Å². The second-order valence-electron chi connectivity index (χ2n) is 5.51. The van der Waals surface area contributed by atoms with Gasteiger partial charge in [0.15, 0.2) is 0 Å². The van der Waals surface area contributed by atoms with Crippen LogP contribution in [-0.2, 0) is 4.74 Å². The molecule has 1 aromatic rings. The second kappa shape index (κ2) is 6.96. The summed E-state index contributed by atoms with van der Waals surface area (Å²) in [6.45, 7) is 3.29. The Morgan fingerprint density at radius 3 is 2.81 bits per heavy atom. The molecule has 1 saturated heterocycles. The standard InChI is InChI=1S/C14H21ClN2O3S/c1-10(11-3-4-12(15)21-11)16-13(18)17(2)9-14(19)5-7-20-8-6-14/h3-4,10,19H,5-9H2,1-2H3,(H,16,18)/t10-/m1/s1. The first kappa shape index (κ1) is 16.5. The van der Waals surface area contributed by atoms with Gasteiger partial charge >= 0.3 is 6.03 Å². The zero-order valence-corrected chi connectivity index (χ0v) is 13.8. The van der Waals surface area contributed by atoms with Gasteiger partial charge in [-0.2, -0.15) is 0 Å². The van der Waals surface area contributed by atoms with Crippen molar-refractivity contribution >= 4 is 29.0 Å². The van der Waals surface area contributed by atoms with Gasteiger partial charge in [-0.25, -0.2) is 4.79 Å². The second-order valence-corrected chi connectivity index (χ2v) is 7.25. The van der Waals surface area contributed by atoms with E-state index in [0.717, 1.165) is 4.88 Å². The van der Waals surface area contributed by atoms with Crippen molar-refractivity contribution in [2.45, 2.75) is 31.4 Å². The lowest BCUT2D eigenvalue weighted by Crippen LogP contribution is -2.50. The molecule has 118 valence electrons. The zero-order chi connectivity index (χ0) is 15.5. The number of carbonyl (C=O) groups excluding carboxylic acids is 1. The van der Waals surface area contributed by atoms with Crippen molar-refractivity contribution in [3.05, 3.63) is 21.3 Å². The Kier molecular flexibility index (Phi) is 5.48. The van der Waals surface area contributed by atoms with Crippen LogP contribution in [0.4, 0.5) is 4.79 Å². The minimum absolute atomic E-state index is 0.109. The third-order valence-corrected chi connectivity index (χ3v) is 5.08. The number of carbonyl (C=O) groups is 1. The van der Waals surface area contributed by atoms with E-state index < -0.39 is 5.60 Å². The molecule has 0 spiro atoms. The lowest BCUT2D eigenvalue weighted by atomic mass is 9.94. The molecule has 1 aliphatic heterocycles. The summed E-state index contributed by atoms with van der Waals surface area (Å²) in [5.41, 5.74) is -0.847. The van der Waals surface area contributed by atoms with E-state index in [4.69, 9.17) is 16.3 Å². The van der Waals surface area contributed by atoms with Crippen LogP contribution < -0.4 is 5.32 Å². The van der Waals surface area contributed by atoms with Crippen molar-refractivity contribution in [2.75, 3.05) is 26.8 Å². The average Bonchev–Trinajstić information content (AvgIpc) is 2.85. The molecule has 0 saturated carbocycles. The molecule has 21 heavy (non-hydrogen) atoms. The third-order valence-electron chi connectivity index (χ3n) is 3.66. The van der Waals surface area contributed by atoms with E-state index in [-0.39, 0.29) is 12.1 Å². The predicted octanol–water partition coefficient (Wildman–Crippen LogP) is 2.65. The molecule has 0 unspecified atom stereocenters. The molecular formula is C14H21ClN2O3S. The number of rotatable bonds is 4. The SMILES string of the molecule is C[C@@H](NC(=O)N(C)CC1(O)CCOCC1)c1ccc(Cl)s1. The topological polar surface area (TPSA) is 61.8 Å². The van der Waals surface area contributed by atoms with Gasteiger partial charge in [-0.3, -0.25) is 0 Å². The molecule has 2 N–H and O–H groups in total. The molecular weight excluding hydrogens is 312 g/mol.